The maximum Gasteiger partial charge on any atom is 0.186 e. The summed E-state index contributed by atoms with van der Waals surface area (Å²) in [5.41, 5.74) is 1.39. The second-order valence-electron chi connectivity index (χ2n) is 6.90. The van der Waals surface area contributed by atoms with Gasteiger partial charge in [-0.3, -0.25) is 4.90 Å². The molecule has 0 amide bonds. The average molecular weight is 306 g/mol. The van der Waals surface area contributed by atoms with Crippen LogP contribution in [-0.2, 0) is 6.54 Å². The van der Waals surface area contributed by atoms with Crippen LogP contribution in [0.15, 0.2) is 0 Å². The first-order valence-electron chi connectivity index (χ1n) is 8.41. The van der Waals surface area contributed by atoms with Gasteiger partial charge >= 0.3 is 0 Å². The van der Waals surface area contributed by atoms with Crippen LogP contribution >= 0.6 is 11.3 Å². The van der Waals surface area contributed by atoms with E-state index in [2.05, 4.69) is 22.0 Å². The van der Waals surface area contributed by atoms with Crippen molar-refractivity contribution in [2.45, 2.75) is 57.2 Å². The van der Waals surface area contributed by atoms with E-state index in [1.807, 2.05) is 18.4 Å². The number of anilines is 1. The Hall–Kier alpha value is -0.650. The van der Waals surface area contributed by atoms with Crippen LogP contribution in [0.25, 0.3) is 0 Å². The smallest absolute Gasteiger partial charge is 0.186 e. The minimum absolute atomic E-state index is 0.597. The first-order chi connectivity index (χ1) is 10.3. The molecule has 4 nitrogen and oxygen atoms in total. The van der Waals surface area contributed by atoms with Crippen LogP contribution in [0.2, 0.25) is 0 Å². The van der Waals surface area contributed by atoms with E-state index in [-0.39, 0.29) is 0 Å². The van der Waals surface area contributed by atoms with E-state index < -0.39 is 0 Å². The Morgan fingerprint density at radius 3 is 2.90 bits per heavy atom. The second kappa shape index (κ2) is 5.52. The molecule has 1 N–H and O–H groups in total. The maximum absolute atomic E-state index is 5.07. The average Bonchev–Trinajstić information content (AvgIpc) is 3.07. The predicted molar refractivity (Wildman–Crippen MR) is 88.3 cm³/mol. The molecular formula is C16H26N4S. The number of fused-ring (bicyclic) bond motifs is 1. The molecule has 0 bridgehead atoms. The fourth-order valence-electron chi connectivity index (χ4n) is 3.89. The molecule has 1 saturated carbocycles. The summed E-state index contributed by atoms with van der Waals surface area (Å²) in [5, 5.41) is 4.59. The third-order valence-corrected chi connectivity index (χ3v) is 6.31. The van der Waals surface area contributed by atoms with Gasteiger partial charge in [0.15, 0.2) is 5.13 Å². The van der Waals surface area contributed by atoms with Crippen molar-refractivity contribution in [3.8, 4) is 0 Å². The zero-order valence-corrected chi connectivity index (χ0v) is 14.0. The minimum Gasteiger partial charge on any atom is -0.343 e. The van der Waals surface area contributed by atoms with Crippen LogP contribution < -0.4 is 10.2 Å². The van der Waals surface area contributed by atoms with Gasteiger partial charge in [0.25, 0.3) is 0 Å². The molecule has 1 aliphatic carbocycles. The van der Waals surface area contributed by atoms with Crippen LogP contribution in [0.5, 0.6) is 0 Å². The number of aromatic nitrogens is 1. The lowest BCUT2D eigenvalue weighted by Crippen LogP contribution is -2.55. The molecule has 4 rings (SSSR count). The predicted octanol–water partition coefficient (Wildman–Crippen LogP) is 2.41. The molecular weight excluding hydrogens is 280 g/mol. The molecule has 2 unspecified atom stereocenters. The van der Waals surface area contributed by atoms with Crippen molar-refractivity contribution in [1.29, 1.82) is 0 Å². The van der Waals surface area contributed by atoms with E-state index in [1.165, 1.54) is 61.0 Å². The first kappa shape index (κ1) is 14.0. The van der Waals surface area contributed by atoms with E-state index in [0.29, 0.717) is 6.04 Å². The molecule has 0 aromatic carbocycles. The molecule has 21 heavy (non-hydrogen) atoms. The third kappa shape index (κ3) is 2.60. The molecule has 0 spiro atoms. The summed E-state index contributed by atoms with van der Waals surface area (Å²) in [6, 6.07) is 1.36. The molecule has 116 valence electrons. The SMILES string of the molecule is CNCc1sc(N2CC3CCCN3CC2C)nc1C1CC1. The van der Waals surface area contributed by atoms with Gasteiger partial charge in [-0.05, 0) is 46.2 Å². The normalized spacial score (nSPS) is 29.9. The summed E-state index contributed by atoms with van der Waals surface area (Å²) >= 11 is 1.93. The Bertz CT molecular complexity index is 510. The van der Waals surface area contributed by atoms with Crippen LogP contribution in [-0.4, -0.2) is 48.6 Å². The molecule has 2 aliphatic heterocycles. The molecule has 3 aliphatic rings. The summed E-state index contributed by atoms with van der Waals surface area (Å²) in [6.45, 7) is 7.03. The third-order valence-electron chi connectivity index (χ3n) is 5.20. The number of thiazole rings is 1. The van der Waals surface area contributed by atoms with Gasteiger partial charge in [-0.25, -0.2) is 4.98 Å². The van der Waals surface area contributed by atoms with Gasteiger partial charge in [0.1, 0.15) is 0 Å². The summed E-state index contributed by atoms with van der Waals surface area (Å²) in [5.74, 6) is 0.751. The van der Waals surface area contributed by atoms with E-state index in [0.717, 1.165) is 18.5 Å². The highest BCUT2D eigenvalue weighted by atomic mass is 32.1. The summed E-state index contributed by atoms with van der Waals surface area (Å²) < 4.78 is 0. The Morgan fingerprint density at radius 2 is 2.14 bits per heavy atom. The Balaban J connectivity index is 1.58. The van der Waals surface area contributed by atoms with Crippen LogP contribution in [0.1, 0.15) is 49.1 Å². The fraction of sp³-hybridized carbons (Fsp3) is 0.812. The van der Waals surface area contributed by atoms with Crippen LogP contribution in [0, 0.1) is 0 Å². The van der Waals surface area contributed by atoms with Gasteiger partial charge < -0.3 is 10.2 Å². The number of rotatable bonds is 4. The van der Waals surface area contributed by atoms with Crippen molar-refractivity contribution in [3.63, 3.8) is 0 Å². The van der Waals surface area contributed by atoms with Gasteiger partial charge in [-0.15, -0.1) is 11.3 Å². The van der Waals surface area contributed by atoms with E-state index in [1.54, 1.807) is 0 Å². The van der Waals surface area contributed by atoms with Crippen molar-refractivity contribution in [2.75, 3.05) is 31.6 Å². The van der Waals surface area contributed by atoms with Gasteiger partial charge in [0, 0.05) is 42.5 Å². The molecule has 1 aromatic rings. The molecule has 2 saturated heterocycles. The Kier molecular flexibility index (Phi) is 3.67. The van der Waals surface area contributed by atoms with Gasteiger partial charge in [-0.2, -0.15) is 0 Å². The first-order valence-corrected chi connectivity index (χ1v) is 9.23. The van der Waals surface area contributed by atoms with Crippen LogP contribution in [0.4, 0.5) is 5.13 Å². The minimum atomic E-state index is 0.597. The molecule has 3 fully saturated rings. The van der Waals surface area contributed by atoms with Gasteiger partial charge in [0.2, 0.25) is 0 Å². The standard InChI is InChI=1S/C16H26N4S/c1-11-9-19-7-3-4-13(19)10-20(11)16-18-15(12-5-6-12)14(21-16)8-17-2/h11-13,17H,3-10H2,1-2H3. The van der Waals surface area contributed by atoms with Crippen molar-refractivity contribution in [2.24, 2.45) is 0 Å². The highest BCUT2D eigenvalue weighted by Crippen LogP contribution is 2.44. The number of hydrogen-bond acceptors (Lipinski definition) is 5. The largest absolute Gasteiger partial charge is 0.343 e. The quantitative estimate of drug-likeness (QED) is 0.926. The highest BCUT2D eigenvalue weighted by Gasteiger charge is 2.37. The lowest BCUT2D eigenvalue weighted by atomic mass is 10.1. The lowest BCUT2D eigenvalue weighted by Gasteiger charge is -2.42. The molecule has 2 atom stereocenters. The van der Waals surface area contributed by atoms with Gasteiger partial charge in [0.05, 0.1) is 5.69 Å². The summed E-state index contributed by atoms with van der Waals surface area (Å²) in [6.07, 6.45) is 5.42. The topological polar surface area (TPSA) is 31.4 Å². The Morgan fingerprint density at radius 1 is 1.29 bits per heavy atom. The molecule has 1 aromatic heterocycles. The molecule has 5 heteroatoms. The maximum atomic E-state index is 5.07. The lowest BCUT2D eigenvalue weighted by molar-refractivity contribution is 0.203. The van der Waals surface area contributed by atoms with Crippen molar-refractivity contribution in [3.05, 3.63) is 10.6 Å². The fourth-order valence-corrected chi connectivity index (χ4v) is 5.16. The van der Waals surface area contributed by atoms with Crippen LogP contribution in [0.3, 0.4) is 0 Å². The summed E-state index contributed by atoms with van der Waals surface area (Å²) in [4.78, 5) is 11.8. The van der Waals surface area contributed by atoms with Crippen molar-refractivity contribution >= 4 is 16.5 Å². The Labute approximate surface area is 131 Å². The zero-order valence-electron chi connectivity index (χ0n) is 13.1. The molecule has 3 heterocycles. The van der Waals surface area contributed by atoms with E-state index in [4.69, 9.17) is 4.98 Å². The number of nitrogens with zero attached hydrogens (tertiary/aromatic N) is 3. The van der Waals surface area contributed by atoms with Crippen molar-refractivity contribution in [1.82, 2.24) is 15.2 Å². The molecule has 0 radical (unpaired) electrons. The van der Waals surface area contributed by atoms with Crippen molar-refractivity contribution < 1.29 is 0 Å². The number of nitrogens with one attached hydrogen (secondary N) is 1. The van der Waals surface area contributed by atoms with E-state index >= 15 is 0 Å². The van der Waals surface area contributed by atoms with E-state index in [9.17, 15) is 0 Å². The van der Waals surface area contributed by atoms with Gasteiger partial charge in [-0.1, -0.05) is 0 Å². The zero-order chi connectivity index (χ0) is 14.4. The highest BCUT2D eigenvalue weighted by molar-refractivity contribution is 7.15. The monoisotopic (exact) mass is 306 g/mol. The number of hydrogen-bond donors (Lipinski definition) is 1. The summed E-state index contributed by atoms with van der Waals surface area (Å²) in [7, 11) is 2.04. The second-order valence-corrected chi connectivity index (χ2v) is 7.96. The number of piperazine rings is 1.